The maximum atomic E-state index is 11.8. The molecule has 2 heterocycles. The first kappa shape index (κ1) is 11.1. The van der Waals surface area contributed by atoms with Crippen molar-refractivity contribution in [3.8, 4) is 0 Å². The number of carbonyl (C=O) groups excluding carboxylic acids is 1. The first-order chi connectivity index (χ1) is 7.77. The van der Waals surface area contributed by atoms with Gasteiger partial charge in [-0.1, -0.05) is 6.92 Å². The Morgan fingerprint density at radius 3 is 3.12 bits per heavy atom. The normalized spacial score (nSPS) is 24.6. The molecule has 0 saturated carbocycles. The molecule has 16 heavy (non-hydrogen) atoms. The summed E-state index contributed by atoms with van der Waals surface area (Å²) >= 11 is 0. The molecule has 5 heteroatoms. The van der Waals surface area contributed by atoms with E-state index in [0.717, 1.165) is 19.6 Å². The predicted octanol–water partition coefficient (Wildman–Crippen LogP) is -0.145. The van der Waals surface area contributed by atoms with Crippen LogP contribution in [0.15, 0.2) is 18.7 Å². The van der Waals surface area contributed by atoms with Crippen LogP contribution in [0.2, 0.25) is 0 Å². The second-order valence-corrected chi connectivity index (χ2v) is 4.33. The van der Waals surface area contributed by atoms with E-state index in [0.29, 0.717) is 12.5 Å². The molecule has 0 radical (unpaired) electrons. The number of amides is 1. The van der Waals surface area contributed by atoms with Crippen LogP contribution in [0.1, 0.15) is 6.92 Å². The summed E-state index contributed by atoms with van der Waals surface area (Å²) in [7, 11) is 0. The first-order valence-corrected chi connectivity index (χ1v) is 5.71. The Kier molecular flexibility index (Phi) is 3.56. The van der Waals surface area contributed by atoms with Crippen LogP contribution >= 0.6 is 0 Å². The number of hydrogen-bond acceptors (Lipinski definition) is 3. The lowest BCUT2D eigenvalue weighted by atomic mass is 9.97. The summed E-state index contributed by atoms with van der Waals surface area (Å²) < 4.78 is 1.95. The van der Waals surface area contributed by atoms with Crippen LogP contribution in [0.5, 0.6) is 0 Å². The van der Waals surface area contributed by atoms with Gasteiger partial charge >= 0.3 is 0 Å². The van der Waals surface area contributed by atoms with Crippen molar-refractivity contribution in [3.63, 3.8) is 0 Å². The fraction of sp³-hybridized carbons (Fsp3) is 0.636. The fourth-order valence-corrected chi connectivity index (χ4v) is 2.02. The molecule has 5 nitrogen and oxygen atoms in total. The lowest BCUT2D eigenvalue weighted by Crippen LogP contribution is -2.36. The average Bonchev–Trinajstić information content (AvgIpc) is 2.88. The highest BCUT2D eigenvalue weighted by molar-refractivity contribution is 5.79. The summed E-state index contributed by atoms with van der Waals surface area (Å²) in [5.41, 5.74) is 0. The van der Waals surface area contributed by atoms with Crippen LogP contribution < -0.4 is 10.6 Å². The summed E-state index contributed by atoms with van der Waals surface area (Å²) in [6.45, 7) is 5.30. The Morgan fingerprint density at radius 2 is 2.50 bits per heavy atom. The van der Waals surface area contributed by atoms with Crippen molar-refractivity contribution in [1.82, 2.24) is 20.2 Å². The highest BCUT2D eigenvalue weighted by atomic mass is 16.1. The molecule has 0 spiro atoms. The van der Waals surface area contributed by atoms with E-state index in [1.54, 1.807) is 12.5 Å². The smallest absolute Gasteiger partial charge is 0.224 e. The standard InChI is InChI=1S/C11H18N4O/c1-9-6-13-7-10(9)11(16)14-3-5-15-4-2-12-8-15/h2,4,8-10,13H,3,5-7H2,1H3,(H,14,16)/t9-,10-/m1/s1. The summed E-state index contributed by atoms with van der Waals surface area (Å²) in [4.78, 5) is 15.8. The lowest BCUT2D eigenvalue weighted by Gasteiger charge is -2.14. The van der Waals surface area contributed by atoms with Gasteiger partial charge in [0.05, 0.1) is 12.2 Å². The van der Waals surface area contributed by atoms with Crippen LogP contribution in [0.25, 0.3) is 0 Å². The van der Waals surface area contributed by atoms with Gasteiger partial charge in [-0.25, -0.2) is 4.98 Å². The van der Waals surface area contributed by atoms with Crippen LogP contribution in [0.4, 0.5) is 0 Å². The zero-order valence-corrected chi connectivity index (χ0v) is 9.52. The van der Waals surface area contributed by atoms with Gasteiger partial charge in [0.15, 0.2) is 0 Å². The number of nitrogens with one attached hydrogen (secondary N) is 2. The van der Waals surface area contributed by atoms with E-state index >= 15 is 0 Å². The molecule has 0 aliphatic carbocycles. The van der Waals surface area contributed by atoms with E-state index in [1.807, 2.05) is 10.8 Å². The Bertz CT molecular complexity index is 336. The average molecular weight is 222 g/mol. The van der Waals surface area contributed by atoms with Crippen molar-refractivity contribution in [2.45, 2.75) is 13.5 Å². The molecule has 1 amide bonds. The van der Waals surface area contributed by atoms with Gasteiger partial charge in [-0.15, -0.1) is 0 Å². The molecule has 1 aliphatic heterocycles. The molecule has 88 valence electrons. The summed E-state index contributed by atoms with van der Waals surface area (Å²) in [6, 6.07) is 0. The Hall–Kier alpha value is -1.36. The molecule has 1 aromatic heterocycles. The van der Waals surface area contributed by atoms with Gasteiger partial charge in [-0.3, -0.25) is 4.79 Å². The van der Waals surface area contributed by atoms with E-state index in [9.17, 15) is 4.79 Å². The highest BCUT2D eigenvalue weighted by Gasteiger charge is 2.28. The Morgan fingerprint density at radius 1 is 1.62 bits per heavy atom. The van der Waals surface area contributed by atoms with Gasteiger partial charge in [0.2, 0.25) is 5.91 Å². The Balaban J connectivity index is 1.71. The van der Waals surface area contributed by atoms with Crippen molar-refractivity contribution in [2.75, 3.05) is 19.6 Å². The number of carbonyl (C=O) groups is 1. The minimum Gasteiger partial charge on any atom is -0.354 e. The van der Waals surface area contributed by atoms with Crippen molar-refractivity contribution in [1.29, 1.82) is 0 Å². The molecule has 1 aromatic rings. The molecular weight excluding hydrogens is 204 g/mol. The molecule has 1 saturated heterocycles. The van der Waals surface area contributed by atoms with Gasteiger partial charge in [0, 0.05) is 32.0 Å². The first-order valence-electron chi connectivity index (χ1n) is 5.71. The summed E-state index contributed by atoms with van der Waals surface area (Å²) in [6.07, 6.45) is 5.39. The topological polar surface area (TPSA) is 59.0 Å². The molecule has 2 N–H and O–H groups in total. The SMILES string of the molecule is C[C@@H]1CNC[C@H]1C(=O)NCCn1ccnc1. The molecule has 1 fully saturated rings. The third kappa shape index (κ3) is 2.61. The van der Waals surface area contributed by atoms with Crippen molar-refractivity contribution in [2.24, 2.45) is 11.8 Å². The van der Waals surface area contributed by atoms with Gasteiger partial charge in [-0.2, -0.15) is 0 Å². The van der Waals surface area contributed by atoms with E-state index in [-0.39, 0.29) is 11.8 Å². The quantitative estimate of drug-likeness (QED) is 0.745. The lowest BCUT2D eigenvalue weighted by molar-refractivity contribution is -0.125. The molecule has 0 unspecified atom stereocenters. The monoisotopic (exact) mass is 222 g/mol. The summed E-state index contributed by atoms with van der Waals surface area (Å²) in [5, 5.41) is 6.20. The van der Waals surface area contributed by atoms with Crippen LogP contribution in [-0.2, 0) is 11.3 Å². The van der Waals surface area contributed by atoms with E-state index in [2.05, 4.69) is 22.5 Å². The fourth-order valence-electron chi connectivity index (χ4n) is 2.02. The van der Waals surface area contributed by atoms with Gasteiger partial charge in [0.25, 0.3) is 0 Å². The second kappa shape index (κ2) is 5.12. The number of aromatic nitrogens is 2. The Labute approximate surface area is 95.2 Å². The van der Waals surface area contributed by atoms with E-state index in [1.165, 1.54) is 0 Å². The van der Waals surface area contributed by atoms with Crippen molar-refractivity contribution >= 4 is 5.91 Å². The maximum Gasteiger partial charge on any atom is 0.224 e. The van der Waals surface area contributed by atoms with E-state index in [4.69, 9.17) is 0 Å². The zero-order valence-electron chi connectivity index (χ0n) is 9.52. The van der Waals surface area contributed by atoms with Crippen LogP contribution in [0.3, 0.4) is 0 Å². The highest BCUT2D eigenvalue weighted by Crippen LogP contribution is 2.15. The largest absolute Gasteiger partial charge is 0.354 e. The molecule has 0 aromatic carbocycles. The van der Waals surface area contributed by atoms with E-state index < -0.39 is 0 Å². The molecule has 2 atom stereocenters. The molecule has 0 bridgehead atoms. The summed E-state index contributed by atoms with van der Waals surface area (Å²) in [5.74, 6) is 0.730. The zero-order chi connectivity index (χ0) is 11.4. The minimum absolute atomic E-state index is 0.128. The number of hydrogen-bond donors (Lipinski definition) is 2. The van der Waals surface area contributed by atoms with Crippen molar-refractivity contribution < 1.29 is 4.79 Å². The van der Waals surface area contributed by atoms with Crippen LogP contribution in [-0.4, -0.2) is 35.1 Å². The van der Waals surface area contributed by atoms with Gasteiger partial charge in [-0.05, 0) is 12.5 Å². The van der Waals surface area contributed by atoms with Crippen molar-refractivity contribution in [3.05, 3.63) is 18.7 Å². The van der Waals surface area contributed by atoms with Crippen LogP contribution in [0, 0.1) is 11.8 Å². The second-order valence-electron chi connectivity index (χ2n) is 4.33. The molecular formula is C11H18N4O. The molecule has 1 aliphatic rings. The number of rotatable bonds is 4. The number of imidazole rings is 1. The minimum atomic E-state index is 0.128. The maximum absolute atomic E-state index is 11.8. The van der Waals surface area contributed by atoms with Gasteiger partial charge < -0.3 is 15.2 Å². The molecule has 2 rings (SSSR count). The number of nitrogens with zero attached hydrogens (tertiary/aromatic N) is 2. The van der Waals surface area contributed by atoms with Gasteiger partial charge in [0.1, 0.15) is 0 Å². The predicted molar refractivity (Wildman–Crippen MR) is 60.8 cm³/mol. The third-order valence-electron chi connectivity index (χ3n) is 3.08. The third-order valence-corrected chi connectivity index (χ3v) is 3.08.